The predicted molar refractivity (Wildman–Crippen MR) is 101 cm³/mol. The Morgan fingerprint density at radius 1 is 1.32 bits per heavy atom. The van der Waals surface area contributed by atoms with Crippen molar-refractivity contribution in [3.8, 4) is 11.4 Å². The topological polar surface area (TPSA) is 60.2 Å². The molecule has 1 amide bonds. The molecule has 2 heterocycles. The van der Waals surface area contributed by atoms with Gasteiger partial charge in [-0.1, -0.05) is 45.9 Å². The number of allylic oxidation sites excluding steroid dienone is 1. The quantitative estimate of drug-likeness (QED) is 0.528. The van der Waals surface area contributed by atoms with Crippen LogP contribution in [0.25, 0.3) is 11.4 Å². The highest BCUT2D eigenvalue weighted by Gasteiger charge is 2.18. The maximum atomic E-state index is 12.3. The summed E-state index contributed by atoms with van der Waals surface area (Å²) in [5.41, 5.74) is 0.976. The summed E-state index contributed by atoms with van der Waals surface area (Å²) in [4.78, 5) is 18.7. The van der Waals surface area contributed by atoms with Gasteiger partial charge < -0.3 is 9.64 Å². The molecule has 1 aliphatic rings. The highest BCUT2D eigenvalue weighted by Crippen LogP contribution is 2.24. The van der Waals surface area contributed by atoms with E-state index in [0.29, 0.717) is 43.8 Å². The van der Waals surface area contributed by atoms with Gasteiger partial charge in [-0.2, -0.15) is 0 Å². The van der Waals surface area contributed by atoms with Gasteiger partial charge in [0.15, 0.2) is 5.82 Å². The fourth-order valence-corrected chi connectivity index (χ4v) is 3.48. The lowest BCUT2D eigenvalue weighted by Crippen LogP contribution is -2.41. The van der Waals surface area contributed by atoms with Crippen molar-refractivity contribution in [2.45, 2.75) is 11.7 Å². The van der Waals surface area contributed by atoms with Crippen LogP contribution in [0, 0.1) is 0 Å². The van der Waals surface area contributed by atoms with Crippen molar-refractivity contribution < 1.29 is 9.53 Å². The Bertz CT molecular complexity index is 742. The fourth-order valence-electron chi connectivity index (χ4n) is 2.47. The van der Waals surface area contributed by atoms with E-state index in [-0.39, 0.29) is 5.91 Å². The molecule has 0 bridgehead atoms. The number of benzene rings is 1. The molecule has 0 N–H and O–H groups in total. The Hall–Kier alpha value is -1.64. The van der Waals surface area contributed by atoms with Gasteiger partial charge in [0.2, 0.25) is 11.1 Å². The molecule has 0 atom stereocenters. The minimum absolute atomic E-state index is 0.0959. The summed E-state index contributed by atoms with van der Waals surface area (Å²) in [7, 11) is 0. The fraction of sp³-hybridized carbons (Fsp3) is 0.353. The van der Waals surface area contributed by atoms with Crippen LogP contribution in [0.5, 0.6) is 0 Å². The summed E-state index contributed by atoms with van der Waals surface area (Å²) in [6.07, 6.45) is 1.78. The number of ether oxygens (including phenoxy) is 1. The summed E-state index contributed by atoms with van der Waals surface area (Å²) in [6.45, 7) is 6.86. The number of rotatable bonds is 6. The number of amides is 1. The van der Waals surface area contributed by atoms with Crippen LogP contribution in [0.15, 0.2) is 46.5 Å². The second-order valence-corrected chi connectivity index (χ2v) is 7.34. The summed E-state index contributed by atoms with van der Waals surface area (Å²) >= 11 is 4.80. The number of carbonyl (C=O) groups is 1. The third-order valence-electron chi connectivity index (χ3n) is 3.75. The van der Waals surface area contributed by atoms with E-state index < -0.39 is 0 Å². The van der Waals surface area contributed by atoms with Gasteiger partial charge in [-0.3, -0.25) is 4.79 Å². The molecule has 1 aromatic heterocycles. The van der Waals surface area contributed by atoms with Gasteiger partial charge in [-0.15, -0.1) is 11.7 Å². The van der Waals surface area contributed by atoms with E-state index in [1.807, 2.05) is 29.2 Å². The first kappa shape index (κ1) is 18.2. The third-order valence-corrected chi connectivity index (χ3v) is 5.10. The van der Waals surface area contributed by atoms with E-state index in [0.717, 1.165) is 15.9 Å². The number of carbonyl (C=O) groups excluding carboxylic acids is 1. The minimum atomic E-state index is 0.0959. The molecule has 1 saturated heterocycles. The molecule has 0 radical (unpaired) electrons. The molecule has 0 aliphatic carbocycles. The van der Waals surface area contributed by atoms with Crippen LogP contribution in [-0.4, -0.2) is 57.6 Å². The van der Waals surface area contributed by atoms with Gasteiger partial charge in [-0.25, -0.2) is 9.67 Å². The van der Waals surface area contributed by atoms with Crippen molar-refractivity contribution >= 4 is 33.6 Å². The van der Waals surface area contributed by atoms with Gasteiger partial charge in [0.1, 0.15) is 0 Å². The summed E-state index contributed by atoms with van der Waals surface area (Å²) in [6, 6.07) is 7.91. The van der Waals surface area contributed by atoms with Crippen LogP contribution in [0.4, 0.5) is 0 Å². The summed E-state index contributed by atoms with van der Waals surface area (Å²) in [5, 5.41) is 5.10. The number of nitrogens with zero attached hydrogens (tertiary/aromatic N) is 4. The molecule has 25 heavy (non-hydrogen) atoms. The van der Waals surface area contributed by atoms with Crippen molar-refractivity contribution in [1.82, 2.24) is 19.7 Å². The number of hydrogen-bond donors (Lipinski definition) is 0. The average molecular weight is 423 g/mol. The zero-order valence-electron chi connectivity index (χ0n) is 13.7. The van der Waals surface area contributed by atoms with Crippen molar-refractivity contribution in [3.63, 3.8) is 0 Å². The van der Waals surface area contributed by atoms with E-state index >= 15 is 0 Å². The predicted octanol–water partition coefficient (Wildman–Crippen LogP) is 2.84. The maximum Gasteiger partial charge on any atom is 0.233 e. The maximum absolute atomic E-state index is 12.3. The van der Waals surface area contributed by atoms with E-state index in [4.69, 9.17) is 4.74 Å². The molecule has 1 fully saturated rings. The smallest absolute Gasteiger partial charge is 0.233 e. The standard InChI is InChI=1S/C17H19BrN4O2S/c1-2-7-22-16(13-3-5-14(18)6-4-13)19-17(20-22)25-12-15(23)21-8-10-24-11-9-21/h2-6H,1,7-12H2. The number of hydrogen-bond acceptors (Lipinski definition) is 5. The second-order valence-electron chi connectivity index (χ2n) is 5.48. The molecule has 6 nitrogen and oxygen atoms in total. The Morgan fingerprint density at radius 3 is 2.72 bits per heavy atom. The van der Waals surface area contributed by atoms with E-state index in [1.54, 1.807) is 10.8 Å². The first-order valence-corrected chi connectivity index (χ1v) is 9.75. The first-order valence-electron chi connectivity index (χ1n) is 7.97. The zero-order valence-corrected chi connectivity index (χ0v) is 16.1. The van der Waals surface area contributed by atoms with E-state index in [1.165, 1.54) is 11.8 Å². The molecule has 3 rings (SSSR count). The average Bonchev–Trinajstić information content (AvgIpc) is 3.04. The van der Waals surface area contributed by atoms with Crippen molar-refractivity contribution in [3.05, 3.63) is 41.4 Å². The second kappa shape index (κ2) is 8.64. The lowest BCUT2D eigenvalue weighted by Gasteiger charge is -2.26. The van der Waals surface area contributed by atoms with E-state index in [2.05, 4.69) is 32.6 Å². The molecule has 0 spiro atoms. The van der Waals surface area contributed by atoms with Crippen LogP contribution in [0.3, 0.4) is 0 Å². The first-order chi connectivity index (χ1) is 12.2. The lowest BCUT2D eigenvalue weighted by atomic mass is 10.2. The van der Waals surface area contributed by atoms with Gasteiger partial charge in [0, 0.05) is 23.1 Å². The molecule has 8 heteroatoms. The van der Waals surface area contributed by atoms with Crippen molar-refractivity contribution in [1.29, 1.82) is 0 Å². The zero-order chi connectivity index (χ0) is 17.6. The third kappa shape index (κ3) is 4.71. The highest BCUT2D eigenvalue weighted by atomic mass is 79.9. The Labute approximate surface area is 159 Å². The normalized spacial score (nSPS) is 14.5. The number of morpholine rings is 1. The molecule has 0 unspecified atom stereocenters. The Kier molecular flexibility index (Phi) is 6.28. The van der Waals surface area contributed by atoms with Crippen LogP contribution in [0.1, 0.15) is 0 Å². The number of aromatic nitrogens is 3. The molecule has 0 saturated carbocycles. The molecular weight excluding hydrogens is 404 g/mol. The Morgan fingerprint density at radius 2 is 2.04 bits per heavy atom. The monoisotopic (exact) mass is 422 g/mol. The van der Waals surface area contributed by atoms with E-state index in [9.17, 15) is 4.79 Å². The van der Waals surface area contributed by atoms with Crippen molar-refractivity contribution in [2.24, 2.45) is 0 Å². The van der Waals surface area contributed by atoms with Crippen LogP contribution in [-0.2, 0) is 16.1 Å². The molecule has 132 valence electrons. The number of thioether (sulfide) groups is 1. The summed E-state index contributed by atoms with van der Waals surface area (Å²) in [5.74, 6) is 1.20. The van der Waals surface area contributed by atoms with Gasteiger partial charge in [0.25, 0.3) is 0 Å². The van der Waals surface area contributed by atoms with Gasteiger partial charge in [-0.05, 0) is 12.1 Å². The van der Waals surface area contributed by atoms with Crippen LogP contribution < -0.4 is 0 Å². The largest absolute Gasteiger partial charge is 0.378 e. The lowest BCUT2D eigenvalue weighted by molar-refractivity contribution is -0.132. The number of halogens is 1. The summed E-state index contributed by atoms with van der Waals surface area (Å²) < 4.78 is 8.09. The van der Waals surface area contributed by atoms with Crippen LogP contribution >= 0.6 is 27.7 Å². The molecule has 2 aromatic rings. The molecule has 1 aromatic carbocycles. The molecule has 1 aliphatic heterocycles. The minimum Gasteiger partial charge on any atom is -0.378 e. The van der Waals surface area contributed by atoms with Crippen LogP contribution in [0.2, 0.25) is 0 Å². The molecular formula is C17H19BrN4O2S. The highest BCUT2D eigenvalue weighted by molar-refractivity contribution is 9.10. The van der Waals surface area contributed by atoms with Gasteiger partial charge >= 0.3 is 0 Å². The Balaban J connectivity index is 1.71. The van der Waals surface area contributed by atoms with Gasteiger partial charge in [0.05, 0.1) is 25.5 Å². The van der Waals surface area contributed by atoms with Crippen molar-refractivity contribution in [2.75, 3.05) is 32.1 Å². The SMILES string of the molecule is C=CCn1nc(SCC(=O)N2CCOCC2)nc1-c1ccc(Br)cc1.